The zero-order valence-corrected chi connectivity index (χ0v) is 5.33. The maximum absolute atomic E-state index is 4.25. The van der Waals surface area contributed by atoms with Crippen LogP contribution < -0.4 is 0 Å². The minimum absolute atomic E-state index is 0.653. The van der Waals surface area contributed by atoms with E-state index in [1.54, 1.807) is 0 Å². The topological polar surface area (TPSA) is 24.7 Å². The summed E-state index contributed by atoms with van der Waals surface area (Å²) in [5, 5.41) is 8.49. The van der Waals surface area contributed by atoms with Gasteiger partial charge in [-0.05, 0) is 31.1 Å². The molecular weight excluding hydrogens is 112 g/mol. The molecule has 0 aromatic heterocycles. The van der Waals surface area contributed by atoms with Gasteiger partial charge in [-0.15, -0.1) is 0 Å². The highest BCUT2D eigenvalue weighted by Gasteiger charge is 2.53. The lowest BCUT2D eigenvalue weighted by atomic mass is 9.91. The SMILES string of the molecule is C1[C@@H]2[C@H]1[C@H]1CC[C@@H]2N=N1. The lowest BCUT2D eigenvalue weighted by Crippen LogP contribution is -2.27. The third-order valence-electron chi connectivity index (χ3n) is 3.00. The Labute approximate surface area is 54.4 Å². The van der Waals surface area contributed by atoms with Crippen molar-refractivity contribution >= 4 is 0 Å². The van der Waals surface area contributed by atoms with Crippen molar-refractivity contribution in [3.63, 3.8) is 0 Å². The summed E-state index contributed by atoms with van der Waals surface area (Å²) in [6, 6.07) is 1.31. The van der Waals surface area contributed by atoms with Crippen LogP contribution in [0.5, 0.6) is 0 Å². The van der Waals surface area contributed by atoms with Gasteiger partial charge in [-0.3, -0.25) is 0 Å². The Morgan fingerprint density at radius 3 is 1.78 bits per heavy atom. The summed E-state index contributed by atoms with van der Waals surface area (Å²) in [4.78, 5) is 0. The highest BCUT2D eigenvalue weighted by Crippen LogP contribution is 2.54. The molecular formula is C7H10N2. The Morgan fingerprint density at radius 2 is 1.44 bits per heavy atom. The fourth-order valence-corrected chi connectivity index (χ4v) is 2.35. The van der Waals surface area contributed by atoms with Gasteiger partial charge in [0, 0.05) is 0 Å². The van der Waals surface area contributed by atoms with Crippen molar-refractivity contribution in [1.29, 1.82) is 0 Å². The summed E-state index contributed by atoms with van der Waals surface area (Å²) in [5.74, 6) is 1.95. The second-order valence-corrected chi connectivity index (χ2v) is 3.51. The molecule has 2 saturated carbocycles. The predicted octanol–water partition coefficient (Wildman–Crippen LogP) is 1.62. The molecule has 0 N–H and O–H groups in total. The van der Waals surface area contributed by atoms with Crippen LogP contribution in [0.25, 0.3) is 0 Å². The van der Waals surface area contributed by atoms with Crippen LogP contribution in [-0.4, -0.2) is 12.1 Å². The number of azo groups is 1. The van der Waals surface area contributed by atoms with E-state index in [2.05, 4.69) is 10.2 Å². The normalized spacial score (nSPS) is 59.6. The average Bonchev–Trinajstić information content (AvgIpc) is 2.68. The van der Waals surface area contributed by atoms with Gasteiger partial charge in [0.05, 0.1) is 12.1 Å². The van der Waals surface area contributed by atoms with Gasteiger partial charge in [-0.2, -0.15) is 10.2 Å². The third-order valence-corrected chi connectivity index (χ3v) is 3.00. The van der Waals surface area contributed by atoms with Gasteiger partial charge in [0.25, 0.3) is 0 Å². The lowest BCUT2D eigenvalue weighted by molar-refractivity contribution is 0.306. The fraction of sp³-hybridized carbons (Fsp3) is 1.00. The molecule has 0 unspecified atom stereocenters. The Morgan fingerprint density at radius 1 is 0.889 bits per heavy atom. The second kappa shape index (κ2) is 1.20. The first-order chi connectivity index (χ1) is 4.45. The Balaban J connectivity index is 2.05. The smallest absolute Gasteiger partial charge is 0.0740 e. The van der Waals surface area contributed by atoms with E-state index in [-0.39, 0.29) is 0 Å². The van der Waals surface area contributed by atoms with Crippen LogP contribution >= 0.6 is 0 Å². The van der Waals surface area contributed by atoms with Crippen LogP contribution in [0.3, 0.4) is 0 Å². The molecule has 2 aliphatic carbocycles. The molecule has 4 aliphatic rings. The van der Waals surface area contributed by atoms with Gasteiger partial charge in [-0.25, -0.2) is 0 Å². The summed E-state index contributed by atoms with van der Waals surface area (Å²) in [7, 11) is 0. The fourth-order valence-electron chi connectivity index (χ4n) is 2.35. The van der Waals surface area contributed by atoms with Crippen molar-refractivity contribution in [2.75, 3.05) is 0 Å². The summed E-state index contributed by atoms with van der Waals surface area (Å²) in [5.41, 5.74) is 0. The van der Waals surface area contributed by atoms with Crippen LogP contribution in [-0.2, 0) is 0 Å². The van der Waals surface area contributed by atoms with Gasteiger partial charge in [-0.1, -0.05) is 0 Å². The number of fused-ring (bicyclic) bond motifs is 1. The second-order valence-electron chi connectivity index (χ2n) is 3.51. The Kier molecular flexibility index (Phi) is 0.590. The zero-order chi connectivity index (χ0) is 5.84. The van der Waals surface area contributed by atoms with E-state index in [1.807, 2.05) is 0 Å². The first kappa shape index (κ1) is 4.42. The minimum Gasteiger partial charge on any atom is -0.190 e. The molecule has 2 nitrogen and oxygen atoms in total. The van der Waals surface area contributed by atoms with Crippen molar-refractivity contribution in [3.05, 3.63) is 0 Å². The van der Waals surface area contributed by atoms with Crippen molar-refractivity contribution in [3.8, 4) is 0 Å². The summed E-state index contributed by atoms with van der Waals surface area (Å²) in [6.45, 7) is 0. The molecule has 4 rings (SSSR count). The number of rotatable bonds is 0. The molecule has 0 aromatic carbocycles. The van der Waals surface area contributed by atoms with Crippen molar-refractivity contribution in [2.45, 2.75) is 31.3 Å². The maximum atomic E-state index is 4.25. The molecule has 2 aliphatic heterocycles. The molecule has 2 heteroatoms. The van der Waals surface area contributed by atoms with Gasteiger partial charge in [0.15, 0.2) is 0 Å². The van der Waals surface area contributed by atoms with E-state index in [9.17, 15) is 0 Å². The summed E-state index contributed by atoms with van der Waals surface area (Å²) >= 11 is 0. The summed E-state index contributed by atoms with van der Waals surface area (Å²) in [6.07, 6.45) is 4.09. The first-order valence-electron chi connectivity index (χ1n) is 3.85. The van der Waals surface area contributed by atoms with Crippen molar-refractivity contribution in [1.82, 2.24) is 0 Å². The largest absolute Gasteiger partial charge is 0.190 e. The lowest BCUT2D eigenvalue weighted by Gasteiger charge is -2.26. The Bertz CT molecular complexity index is 158. The molecule has 2 bridgehead atoms. The number of hydrogen-bond acceptors (Lipinski definition) is 2. The number of hydrogen-bond donors (Lipinski definition) is 0. The van der Waals surface area contributed by atoms with Crippen LogP contribution in [0.15, 0.2) is 10.2 Å². The molecule has 0 radical (unpaired) electrons. The molecule has 2 fully saturated rings. The monoisotopic (exact) mass is 122 g/mol. The van der Waals surface area contributed by atoms with Crippen LogP contribution in [0, 0.1) is 11.8 Å². The molecule has 0 amide bonds. The predicted molar refractivity (Wildman–Crippen MR) is 33.3 cm³/mol. The highest BCUT2D eigenvalue weighted by molar-refractivity contribution is 5.07. The van der Waals surface area contributed by atoms with Gasteiger partial charge < -0.3 is 0 Å². The molecule has 9 heavy (non-hydrogen) atoms. The van der Waals surface area contributed by atoms with Gasteiger partial charge in [0.2, 0.25) is 0 Å². The van der Waals surface area contributed by atoms with E-state index in [4.69, 9.17) is 0 Å². The van der Waals surface area contributed by atoms with E-state index in [1.165, 1.54) is 19.3 Å². The third kappa shape index (κ3) is 0.428. The van der Waals surface area contributed by atoms with Crippen molar-refractivity contribution < 1.29 is 0 Å². The van der Waals surface area contributed by atoms with E-state index in [0.717, 1.165) is 11.8 Å². The van der Waals surface area contributed by atoms with Crippen molar-refractivity contribution in [2.24, 2.45) is 22.1 Å². The van der Waals surface area contributed by atoms with E-state index < -0.39 is 0 Å². The quantitative estimate of drug-likeness (QED) is 0.466. The molecule has 0 aromatic rings. The van der Waals surface area contributed by atoms with E-state index in [0.29, 0.717) is 12.1 Å². The zero-order valence-electron chi connectivity index (χ0n) is 5.33. The molecule has 48 valence electrons. The molecule has 0 spiro atoms. The Hall–Kier alpha value is -0.400. The van der Waals surface area contributed by atoms with Gasteiger partial charge in [0.1, 0.15) is 0 Å². The molecule has 0 saturated heterocycles. The molecule has 2 heterocycles. The maximum Gasteiger partial charge on any atom is 0.0740 e. The van der Waals surface area contributed by atoms with Crippen LogP contribution in [0.1, 0.15) is 19.3 Å². The average molecular weight is 122 g/mol. The van der Waals surface area contributed by atoms with E-state index >= 15 is 0 Å². The van der Waals surface area contributed by atoms with Crippen LogP contribution in [0.2, 0.25) is 0 Å². The van der Waals surface area contributed by atoms with Gasteiger partial charge >= 0.3 is 0 Å². The summed E-state index contributed by atoms with van der Waals surface area (Å²) < 4.78 is 0. The highest BCUT2D eigenvalue weighted by atomic mass is 15.2. The molecule has 4 atom stereocenters. The standard InChI is InChI=1S/C7H10N2/c1-2-7-5-3-4(5)6(1)8-9-7/h4-7H,1-3H2/t4-,5+,6+,7-. The minimum atomic E-state index is 0.653. The first-order valence-corrected chi connectivity index (χ1v) is 3.85. The number of nitrogens with zero attached hydrogens (tertiary/aromatic N) is 2. The van der Waals surface area contributed by atoms with Crippen LogP contribution in [0.4, 0.5) is 0 Å².